The van der Waals surface area contributed by atoms with Crippen LogP contribution in [0.4, 0.5) is 4.39 Å². The summed E-state index contributed by atoms with van der Waals surface area (Å²) in [5.74, 6) is -0.646. The Morgan fingerprint density at radius 3 is 2.82 bits per heavy atom. The number of halogens is 2. The second-order valence-electron chi connectivity index (χ2n) is 5.01. The van der Waals surface area contributed by atoms with Crippen LogP contribution in [-0.4, -0.2) is 40.1 Å². The molecule has 8 heteroatoms. The van der Waals surface area contributed by atoms with E-state index in [-0.39, 0.29) is 0 Å². The number of hydrogen-bond donors (Lipinski definition) is 2. The number of hydrogen-bond acceptors (Lipinski definition) is 4. The first kappa shape index (κ1) is 17.1. The third kappa shape index (κ3) is 3.73. The zero-order valence-electron chi connectivity index (χ0n) is 11.8. The highest BCUT2D eigenvalue weighted by atomic mass is 79.9. The monoisotopic (exact) mass is 391 g/mol. The predicted molar refractivity (Wildman–Crippen MR) is 84.6 cm³/mol. The number of nitrogens with one attached hydrogen (secondary N) is 1. The molecular formula is C14H15BrFNO4S. The van der Waals surface area contributed by atoms with E-state index in [0.717, 1.165) is 0 Å². The maximum atomic E-state index is 13.0. The lowest BCUT2D eigenvalue weighted by Crippen LogP contribution is -2.57. The Labute approximate surface area is 139 Å². The Hall–Kier alpha value is -1.28. The molecule has 1 aromatic carbocycles. The number of amides is 1. The fraction of sp³-hybridized carbons (Fsp3) is 0.429. The first-order valence-electron chi connectivity index (χ1n) is 6.59. The molecule has 0 aliphatic carbocycles. The predicted octanol–water partition coefficient (Wildman–Crippen LogP) is 2.43. The number of thioether (sulfide) groups is 1. The Kier molecular flexibility index (Phi) is 5.33. The fourth-order valence-electron chi connectivity index (χ4n) is 2.04. The minimum absolute atomic E-state index is 0.314. The number of rotatable bonds is 5. The number of carboxylic acids is 1. The van der Waals surface area contributed by atoms with Gasteiger partial charge in [0.2, 0.25) is 0 Å². The Bertz CT molecular complexity index is 592. The van der Waals surface area contributed by atoms with E-state index in [1.165, 1.54) is 36.9 Å². The van der Waals surface area contributed by atoms with Crippen LogP contribution < -0.4 is 10.1 Å². The van der Waals surface area contributed by atoms with Gasteiger partial charge in [-0.3, -0.25) is 4.79 Å². The van der Waals surface area contributed by atoms with Crippen LogP contribution >= 0.6 is 27.7 Å². The third-order valence-electron chi connectivity index (χ3n) is 3.36. The summed E-state index contributed by atoms with van der Waals surface area (Å²) < 4.78 is 18.9. The molecule has 0 aromatic heterocycles. The van der Waals surface area contributed by atoms with Gasteiger partial charge in [0.1, 0.15) is 17.1 Å². The van der Waals surface area contributed by atoms with Crippen molar-refractivity contribution in [1.29, 1.82) is 0 Å². The molecule has 2 unspecified atom stereocenters. The van der Waals surface area contributed by atoms with E-state index in [1.54, 1.807) is 0 Å². The number of carbonyl (C=O) groups excluding carboxylic acids is 1. The van der Waals surface area contributed by atoms with Crippen LogP contribution in [0.25, 0.3) is 0 Å². The normalized spacial score (nSPS) is 22.1. The number of benzene rings is 1. The Morgan fingerprint density at radius 2 is 2.27 bits per heavy atom. The zero-order valence-corrected chi connectivity index (χ0v) is 14.2. The van der Waals surface area contributed by atoms with Crippen LogP contribution in [-0.2, 0) is 9.59 Å². The minimum atomic E-state index is -1.24. The van der Waals surface area contributed by atoms with Gasteiger partial charge >= 0.3 is 5.97 Å². The van der Waals surface area contributed by atoms with Crippen molar-refractivity contribution >= 4 is 39.6 Å². The number of carbonyl (C=O) groups is 2. The average molecular weight is 392 g/mol. The van der Waals surface area contributed by atoms with Crippen molar-refractivity contribution in [2.45, 2.75) is 25.0 Å². The summed E-state index contributed by atoms with van der Waals surface area (Å²) in [6.45, 7) is 1.52. The van der Waals surface area contributed by atoms with E-state index in [1.807, 2.05) is 0 Å². The molecule has 1 aromatic rings. The van der Waals surface area contributed by atoms with Crippen LogP contribution in [0.15, 0.2) is 22.7 Å². The smallest absolute Gasteiger partial charge is 0.330 e. The second kappa shape index (κ2) is 6.87. The van der Waals surface area contributed by atoms with Crippen LogP contribution in [0, 0.1) is 5.82 Å². The van der Waals surface area contributed by atoms with Gasteiger partial charge in [-0.05, 0) is 53.2 Å². The highest BCUT2D eigenvalue weighted by Crippen LogP contribution is 2.29. The topological polar surface area (TPSA) is 75.6 Å². The zero-order chi connectivity index (χ0) is 16.3. The summed E-state index contributed by atoms with van der Waals surface area (Å²) in [5.41, 5.74) is -1.24. The standard InChI is InChI=1S/C14H15BrFNO4S/c1-8(21-11-3-2-9(16)6-10(11)15)12(18)17-14(13(19)20)4-5-22-7-14/h2-3,6,8H,4-5,7H2,1H3,(H,17,18)(H,19,20). The van der Waals surface area contributed by atoms with Gasteiger partial charge in [0.15, 0.2) is 6.10 Å². The molecule has 2 N–H and O–H groups in total. The molecule has 1 saturated heterocycles. The van der Waals surface area contributed by atoms with Gasteiger partial charge in [-0.1, -0.05) is 0 Å². The highest BCUT2D eigenvalue weighted by molar-refractivity contribution is 9.10. The van der Waals surface area contributed by atoms with Crippen molar-refractivity contribution in [2.75, 3.05) is 11.5 Å². The van der Waals surface area contributed by atoms with E-state index in [0.29, 0.717) is 28.1 Å². The Morgan fingerprint density at radius 1 is 1.55 bits per heavy atom. The lowest BCUT2D eigenvalue weighted by Gasteiger charge is -2.26. The molecule has 120 valence electrons. The van der Waals surface area contributed by atoms with Crippen LogP contribution in [0.5, 0.6) is 5.75 Å². The van der Waals surface area contributed by atoms with Gasteiger partial charge in [0.05, 0.1) is 4.47 Å². The Balaban J connectivity index is 2.04. The maximum absolute atomic E-state index is 13.0. The van der Waals surface area contributed by atoms with Crippen molar-refractivity contribution in [3.05, 3.63) is 28.5 Å². The van der Waals surface area contributed by atoms with E-state index < -0.39 is 29.3 Å². The van der Waals surface area contributed by atoms with E-state index >= 15 is 0 Å². The molecule has 1 aliphatic heterocycles. The lowest BCUT2D eigenvalue weighted by molar-refractivity contribution is -0.147. The van der Waals surface area contributed by atoms with E-state index in [2.05, 4.69) is 21.2 Å². The van der Waals surface area contributed by atoms with Gasteiger partial charge < -0.3 is 15.2 Å². The molecule has 1 heterocycles. The van der Waals surface area contributed by atoms with Gasteiger partial charge in [0, 0.05) is 5.75 Å². The average Bonchev–Trinajstić information content (AvgIpc) is 2.91. The maximum Gasteiger partial charge on any atom is 0.330 e. The van der Waals surface area contributed by atoms with Gasteiger partial charge in [-0.15, -0.1) is 0 Å². The molecule has 5 nitrogen and oxygen atoms in total. The van der Waals surface area contributed by atoms with E-state index in [4.69, 9.17) is 4.74 Å². The molecule has 22 heavy (non-hydrogen) atoms. The second-order valence-corrected chi connectivity index (χ2v) is 6.97. The summed E-state index contributed by atoms with van der Waals surface area (Å²) >= 11 is 4.64. The summed E-state index contributed by atoms with van der Waals surface area (Å²) in [5, 5.41) is 11.9. The van der Waals surface area contributed by atoms with Gasteiger partial charge in [-0.2, -0.15) is 11.8 Å². The summed E-state index contributed by atoms with van der Waals surface area (Å²) in [4.78, 5) is 23.6. The minimum Gasteiger partial charge on any atom is -0.480 e. The molecule has 0 bridgehead atoms. The third-order valence-corrected chi connectivity index (χ3v) is 5.17. The molecule has 1 fully saturated rings. The summed E-state index contributed by atoms with van der Waals surface area (Å²) in [6.07, 6.45) is -0.519. The summed E-state index contributed by atoms with van der Waals surface area (Å²) in [6, 6.07) is 3.85. The van der Waals surface area contributed by atoms with Crippen LogP contribution in [0.2, 0.25) is 0 Å². The highest BCUT2D eigenvalue weighted by Gasteiger charge is 2.44. The van der Waals surface area contributed by atoms with Crippen molar-refractivity contribution in [2.24, 2.45) is 0 Å². The molecule has 2 rings (SSSR count). The summed E-state index contributed by atoms with van der Waals surface area (Å²) in [7, 11) is 0. The molecule has 0 spiro atoms. The van der Waals surface area contributed by atoms with Gasteiger partial charge in [-0.25, -0.2) is 9.18 Å². The first-order chi connectivity index (χ1) is 10.3. The quantitative estimate of drug-likeness (QED) is 0.805. The lowest BCUT2D eigenvalue weighted by atomic mass is 9.99. The van der Waals surface area contributed by atoms with Crippen molar-refractivity contribution < 1.29 is 23.8 Å². The number of ether oxygens (including phenoxy) is 1. The molecule has 1 amide bonds. The first-order valence-corrected chi connectivity index (χ1v) is 8.54. The molecule has 0 saturated carbocycles. The van der Waals surface area contributed by atoms with Crippen molar-refractivity contribution in [1.82, 2.24) is 5.32 Å². The molecule has 0 radical (unpaired) electrons. The van der Waals surface area contributed by atoms with Gasteiger partial charge in [0.25, 0.3) is 5.91 Å². The van der Waals surface area contributed by atoms with Crippen molar-refractivity contribution in [3.63, 3.8) is 0 Å². The number of carboxylic acid groups (broad SMARTS) is 1. The molecular weight excluding hydrogens is 377 g/mol. The van der Waals surface area contributed by atoms with Crippen molar-refractivity contribution in [3.8, 4) is 5.75 Å². The number of aliphatic carboxylic acids is 1. The van der Waals surface area contributed by atoms with Crippen LogP contribution in [0.3, 0.4) is 0 Å². The van der Waals surface area contributed by atoms with Crippen LogP contribution in [0.1, 0.15) is 13.3 Å². The molecule has 1 aliphatic rings. The fourth-order valence-corrected chi connectivity index (χ4v) is 3.81. The SMILES string of the molecule is CC(Oc1ccc(F)cc1Br)C(=O)NC1(C(=O)O)CCSC1. The molecule has 2 atom stereocenters. The van der Waals surface area contributed by atoms with E-state index in [9.17, 15) is 19.1 Å². The largest absolute Gasteiger partial charge is 0.480 e.